The van der Waals surface area contributed by atoms with Crippen molar-refractivity contribution >= 4 is 34.6 Å². The van der Waals surface area contributed by atoms with Crippen LogP contribution < -0.4 is 20.7 Å². The second-order valence-corrected chi connectivity index (χ2v) is 7.32. The first-order valence-corrected chi connectivity index (χ1v) is 10.1. The molecule has 1 aliphatic rings. The van der Waals surface area contributed by atoms with Crippen molar-refractivity contribution in [2.75, 3.05) is 23.1 Å². The van der Waals surface area contributed by atoms with Gasteiger partial charge in [-0.3, -0.25) is 4.79 Å². The first kappa shape index (κ1) is 19.7. The van der Waals surface area contributed by atoms with E-state index in [1.54, 1.807) is 7.11 Å². The van der Waals surface area contributed by atoms with Crippen LogP contribution in [0.2, 0.25) is 0 Å². The number of methoxy groups -OCH3 is 1. The molecule has 1 heterocycles. The number of hydrogen-bond acceptors (Lipinski definition) is 6. The Balaban J connectivity index is 1.42. The number of ether oxygens (including phenoxy) is 1. The molecule has 7 nitrogen and oxygen atoms in total. The Bertz CT molecular complexity index is 1020. The number of anilines is 5. The number of nitrogens with zero attached hydrogens (tertiary/aromatic N) is 2. The number of hydrogen-bond donors (Lipinski definition) is 3. The zero-order valence-corrected chi connectivity index (χ0v) is 16.9. The lowest BCUT2D eigenvalue weighted by molar-refractivity contribution is -0.119. The van der Waals surface area contributed by atoms with Gasteiger partial charge in [0.15, 0.2) is 0 Å². The van der Waals surface area contributed by atoms with Gasteiger partial charge in [0.05, 0.1) is 7.11 Å². The summed E-state index contributed by atoms with van der Waals surface area (Å²) in [5.74, 6) is 2.31. The van der Waals surface area contributed by atoms with E-state index in [0.29, 0.717) is 11.6 Å². The fourth-order valence-electron chi connectivity index (χ4n) is 3.60. The van der Waals surface area contributed by atoms with Crippen molar-refractivity contribution in [3.63, 3.8) is 0 Å². The molecule has 3 N–H and O–H groups in total. The number of carbonyl (C=O) groups is 1. The van der Waals surface area contributed by atoms with E-state index in [9.17, 15) is 4.79 Å². The maximum atomic E-state index is 12.4. The smallest absolute Gasteiger partial charge is 0.227 e. The van der Waals surface area contributed by atoms with Crippen LogP contribution in [0.5, 0.6) is 5.75 Å². The lowest BCUT2D eigenvalue weighted by atomic mass is 10.1. The van der Waals surface area contributed by atoms with Crippen molar-refractivity contribution in [3.05, 3.63) is 60.9 Å². The fourth-order valence-corrected chi connectivity index (χ4v) is 3.60. The molecule has 0 unspecified atom stereocenters. The van der Waals surface area contributed by atoms with E-state index in [1.165, 1.54) is 6.33 Å². The summed E-state index contributed by atoms with van der Waals surface area (Å²) in [7, 11) is 1.64. The highest BCUT2D eigenvalue weighted by molar-refractivity contribution is 5.93. The second kappa shape index (κ2) is 9.26. The minimum atomic E-state index is 0.108. The van der Waals surface area contributed by atoms with Crippen molar-refractivity contribution in [1.82, 2.24) is 9.97 Å². The average Bonchev–Trinajstić information content (AvgIpc) is 3.30. The molecule has 0 aliphatic heterocycles. The van der Waals surface area contributed by atoms with E-state index < -0.39 is 0 Å². The number of benzene rings is 2. The van der Waals surface area contributed by atoms with Crippen molar-refractivity contribution in [1.29, 1.82) is 0 Å². The van der Waals surface area contributed by atoms with E-state index in [-0.39, 0.29) is 11.8 Å². The highest BCUT2D eigenvalue weighted by atomic mass is 16.5. The molecule has 3 aromatic rings. The zero-order valence-electron chi connectivity index (χ0n) is 16.9. The van der Waals surface area contributed by atoms with Crippen molar-refractivity contribution in [2.24, 2.45) is 5.92 Å². The van der Waals surface area contributed by atoms with Crippen LogP contribution in [-0.2, 0) is 4.79 Å². The molecule has 1 fully saturated rings. The molecule has 0 bridgehead atoms. The van der Waals surface area contributed by atoms with Gasteiger partial charge in [-0.2, -0.15) is 0 Å². The van der Waals surface area contributed by atoms with Crippen LogP contribution in [0.3, 0.4) is 0 Å². The van der Waals surface area contributed by atoms with Crippen LogP contribution >= 0.6 is 0 Å². The molecule has 1 saturated carbocycles. The van der Waals surface area contributed by atoms with Crippen LogP contribution in [0, 0.1) is 5.92 Å². The maximum absolute atomic E-state index is 12.4. The third-order valence-electron chi connectivity index (χ3n) is 5.14. The topological polar surface area (TPSA) is 88.2 Å². The fraction of sp³-hybridized carbons (Fsp3) is 0.261. The molecular formula is C23H25N5O2. The summed E-state index contributed by atoms with van der Waals surface area (Å²) in [5, 5.41) is 9.54. The summed E-state index contributed by atoms with van der Waals surface area (Å²) in [6.45, 7) is 0. The molecule has 1 aliphatic carbocycles. The molecule has 2 aromatic carbocycles. The third-order valence-corrected chi connectivity index (χ3v) is 5.14. The standard InChI is InChI=1S/C23H25N5O2/c1-30-20-11-5-10-19(13-20)27-22-14-21(24-15-25-22)26-17-8-4-9-18(12-17)28-23(29)16-6-2-3-7-16/h4-5,8-16H,2-3,6-7H2,1H3,(H,28,29)(H2,24,25,26,27). The first-order chi connectivity index (χ1) is 14.7. The van der Waals surface area contributed by atoms with E-state index in [0.717, 1.165) is 48.5 Å². The SMILES string of the molecule is COc1cccc(Nc2cc(Nc3cccc(NC(=O)C4CCCC4)c3)ncn2)c1. The van der Waals surface area contributed by atoms with Gasteiger partial charge in [0.2, 0.25) is 5.91 Å². The summed E-state index contributed by atoms with van der Waals surface area (Å²) >= 11 is 0. The van der Waals surface area contributed by atoms with E-state index in [1.807, 2.05) is 54.6 Å². The Labute approximate surface area is 175 Å². The zero-order chi connectivity index (χ0) is 20.8. The van der Waals surface area contributed by atoms with Crippen LogP contribution in [-0.4, -0.2) is 23.0 Å². The van der Waals surface area contributed by atoms with Crippen LogP contribution in [0.4, 0.5) is 28.7 Å². The van der Waals surface area contributed by atoms with Crippen LogP contribution in [0.1, 0.15) is 25.7 Å². The quantitative estimate of drug-likeness (QED) is 0.509. The van der Waals surface area contributed by atoms with E-state index in [4.69, 9.17) is 4.74 Å². The molecule has 0 atom stereocenters. The predicted octanol–water partition coefficient (Wildman–Crippen LogP) is 5.10. The van der Waals surface area contributed by atoms with Gasteiger partial charge in [-0.25, -0.2) is 9.97 Å². The summed E-state index contributed by atoms with van der Waals surface area (Å²) < 4.78 is 5.25. The van der Waals surface area contributed by atoms with Gasteiger partial charge in [-0.15, -0.1) is 0 Å². The molecule has 0 spiro atoms. The Hall–Kier alpha value is -3.61. The van der Waals surface area contributed by atoms with Crippen LogP contribution in [0.15, 0.2) is 60.9 Å². The summed E-state index contributed by atoms with van der Waals surface area (Å²) in [4.78, 5) is 20.9. The number of nitrogens with one attached hydrogen (secondary N) is 3. The van der Waals surface area contributed by atoms with Crippen molar-refractivity contribution < 1.29 is 9.53 Å². The molecule has 0 saturated heterocycles. The molecule has 0 radical (unpaired) electrons. The van der Waals surface area contributed by atoms with Gasteiger partial charge in [0, 0.05) is 35.1 Å². The number of amides is 1. The molecular weight excluding hydrogens is 378 g/mol. The van der Waals surface area contributed by atoms with Crippen molar-refractivity contribution in [2.45, 2.75) is 25.7 Å². The molecule has 154 valence electrons. The van der Waals surface area contributed by atoms with Gasteiger partial charge in [0.1, 0.15) is 23.7 Å². The van der Waals surface area contributed by atoms with Gasteiger partial charge in [0.25, 0.3) is 0 Å². The summed E-state index contributed by atoms with van der Waals surface area (Å²) in [6, 6.07) is 17.1. The monoisotopic (exact) mass is 403 g/mol. The minimum absolute atomic E-state index is 0.108. The second-order valence-electron chi connectivity index (χ2n) is 7.32. The molecule has 1 amide bonds. The average molecular weight is 403 g/mol. The Morgan fingerprint density at radius 1 is 0.900 bits per heavy atom. The normalized spacial score (nSPS) is 13.6. The summed E-state index contributed by atoms with van der Waals surface area (Å²) in [5.41, 5.74) is 2.49. The van der Waals surface area contributed by atoms with E-state index in [2.05, 4.69) is 25.9 Å². The van der Waals surface area contributed by atoms with Crippen LogP contribution in [0.25, 0.3) is 0 Å². The molecule has 1 aromatic heterocycles. The largest absolute Gasteiger partial charge is 0.497 e. The number of aromatic nitrogens is 2. The maximum Gasteiger partial charge on any atom is 0.227 e. The molecule has 30 heavy (non-hydrogen) atoms. The van der Waals surface area contributed by atoms with Gasteiger partial charge < -0.3 is 20.7 Å². The van der Waals surface area contributed by atoms with Crippen molar-refractivity contribution in [3.8, 4) is 5.75 Å². The van der Waals surface area contributed by atoms with Gasteiger partial charge in [-0.05, 0) is 43.2 Å². The van der Waals surface area contributed by atoms with E-state index >= 15 is 0 Å². The Kier molecular flexibility index (Phi) is 6.08. The highest BCUT2D eigenvalue weighted by Gasteiger charge is 2.22. The Morgan fingerprint density at radius 2 is 1.53 bits per heavy atom. The Morgan fingerprint density at radius 3 is 2.23 bits per heavy atom. The minimum Gasteiger partial charge on any atom is -0.497 e. The number of carbonyl (C=O) groups excluding carboxylic acids is 1. The lowest BCUT2D eigenvalue weighted by Crippen LogP contribution is -2.20. The van der Waals surface area contributed by atoms with Gasteiger partial charge >= 0.3 is 0 Å². The predicted molar refractivity (Wildman–Crippen MR) is 119 cm³/mol. The number of rotatable bonds is 7. The highest BCUT2D eigenvalue weighted by Crippen LogP contribution is 2.27. The molecule has 4 rings (SSSR count). The first-order valence-electron chi connectivity index (χ1n) is 10.1. The summed E-state index contributed by atoms with van der Waals surface area (Å²) in [6.07, 6.45) is 5.73. The lowest BCUT2D eigenvalue weighted by Gasteiger charge is -2.12. The van der Waals surface area contributed by atoms with Gasteiger partial charge in [-0.1, -0.05) is 25.0 Å². The third kappa shape index (κ3) is 5.05. The molecule has 7 heteroatoms.